The molecule has 0 aliphatic carbocycles. The molecule has 0 atom stereocenters. The third-order valence-electron chi connectivity index (χ3n) is 13.3. The van der Waals surface area contributed by atoms with Gasteiger partial charge in [0, 0.05) is 27.1 Å². The van der Waals surface area contributed by atoms with Gasteiger partial charge in [0.15, 0.2) is 23.3 Å². The standard InChI is InChI=1S/C61H37F5N2/c1-36-50(67-51-32-41(37-14-6-2-7-15-37)22-26-45(51)46-27-23-42(33-52(46)67)38-16-8-3-9-17-38)31-30-49(55-56(62)58(64)60(66)59(65)57(55)63)61(36)68-53-34-43(39-18-10-4-11-19-39)24-28-47(53)48-29-25-44(35-54(48)68)40-20-12-5-13-21-40/h2-35H,1H3. The van der Waals surface area contributed by atoms with Crippen molar-refractivity contribution in [1.82, 2.24) is 9.13 Å². The molecule has 10 aromatic carbocycles. The van der Waals surface area contributed by atoms with Gasteiger partial charge in [-0.15, -0.1) is 0 Å². The molecule has 0 aliphatic rings. The first-order valence-corrected chi connectivity index (χ1v) is 22.3. The Balaban J connectivity index is 1.25. The quantitative estimate of drug-likeness (QED) is 0.0857. The lowest BCUT2D eigenvalue weighted by molar-refractivity contribution is 0.381. The van der Waals surface area contributed by atoms with E-state index in [2.05, 4.69) is 65.2 Å². The van der Waals surface area contributed by atoms with Crippen LogP contribution < -0.4 is 0 Å². The fourth-order valence-corrected chi connectivity index (χ4v) is 10.0. The van der Waals surface area contributed by atoms with E-state index in [0.29, 0.717) is 22.3 Å². The van der Waals surface area contributed by atoms with Gasteiger partial charge in [-0.1, -0.05) is 170 Å². The highest BCUT2D eigenvalue weighted by molar-refractivity contribution is 6.13. The van der Waals surface area contributed by atoms with E-state index in [1.54, 1.807) is 6.07 Å². The van der Waals surface area contributed by atoms with Crippen LogP contribution in [0.5, 0.6) is 0 Å². The van der Waals surface area contributed by atoms with Gasteiger partial charge < -0.3 is 9.13 Å². The van der Waals surface area contributed by atoms with Crippen molar-refractivity contribution in [2.75, 3.05) is 0 Å². The minimum Gasteiger partial charge on any atom is -0.309 e. The molecule has 0 aliphatic heterocycles. The fourth-order valence-electron chi connectivity index (χ4n) is 10.0. The van der Waals surface area contributed by atoms with E-state index in [0.717, 1.165) is 77.1 Å². The molecule has 12 rings (SSSR count). The average Bonchev–Trinajstić information content (AvgIpc) is 3.89. The lowest BCUT2D eigenvalue weighted by Gasteiger charge is -2.22. The fraction of sp³-hybridized carbons (Fsp3) is 0.0164. The Morgan fingerprint density at radius 2 is 0.603 bits per heavy atom. The van der Waals surface area contributed by atoms with E-state index in [1.165, 1.54) is 6.07 Å². The van der Waals surface area contributed by atoms with Gasteiger partial charge in [0.05, 0.1) is 39.0 Å². The molecule has 2 nitrogen and oxygen atoms in total. The Morgan fingerprint density at radius 1 is 0.294 bits per heavy atom. The molecule has 0 unspecified atom stereocenters. The van der Waals surface area contributed by atoms with E-state index in [1.807, 2.05) is 145 Å². The topological polar surface area (TPSA) is 9.86 Å². The first kappa shape index (κ1) is 40.9. The van der Waals surface area contributed by atoms with Crippen LogP contribution in [0.2, 0.25) is 0 Å². The number of rotatable bonds is 7. The molecule has 0 N–H and O–H groups in total. The maximum atomic E-state index is 16.5. The zero-order valence-corrected chi connectivity index (χ0v) is 36.4. The summed E-state index contributed by atoms with van der Waals surface area (Å²) < 4.78 is 83.0. The molecule has 68 heavy (non-hydrogen) atoms. The molecule has 0 fully saturated rings. The molecule has 12 aromatic rings. The Hall–Kier alpha value is -8.55. The van der Waals surface area contributed by atoms with E-state index in [4.69, 9.17) is 0 Å². The first-order chi connectivity index (χ1) is 33.2. The molecule has 0 spiro atoms. The molecule has 0 radical (unpaired) electrons. The third-order valence-corrected chi connectivity index (χ3v) is 13.3. The molecule has 7 heteroatoms. The highest BCUT2D eigenvalue weighted by Crippen LogP contribution is 2.46. The van der Waals surface area contributed by atoms with Gasteiger partial charge in [-0.3, -0.25) is 0 Å². The Kier molecular flexibility index (Phi) is 9.69. The summed E-state index contributed by atoms with van der Waals surface area (Å²) in [6.45, 7) is 1.86. The van der Waals surface area contributed by atoms with Crippen LogP contribution in [0.1, 0.15) is 5.56 Å². The van der Waals surface area contributed by atoms with Crippen molar-refractivity contribution in [3.63, 3.8) is 0 Å². The number of aromatic nitrogens is 2. The maximum absolute atomic E-state index is 16.5. The lowest BCUT2D eigenvalue weighted by Crippen LogP contribution is -2.09. The first-order valence-electron chi connectivity index (χ1n) is 22.3. The Labute approximate surface area is 388 Å². The lowest BCUT2D eigenvalue weighted by atomic mass is 9.96. The summed E-state index contributed by atoms with van der Waals surface area (Å²) in [4.78, 5) is 0. The Morgan fingerprint density at radius 3 is 0.941 bits per heavy atom. The maximum Gasteiger partial charge on any atom is 0.200 e. The molecular weight excluding hydrogens is 856 g/mol. The zero-order valence-electron chi connectivity index (χ0n) is 36.4. The van der Waals surface area contributed by atoms with Crippen molar-refractivity contribution in [2.45, 2.75) is 6.92 Å². The predicted octanol–water partition coefficient (Wildman–Crippen LogP) is 17.2. The zero-order chi connectivity index (χ0) is 46.2. The monoisotopic (exact) mass is 892 g/mol. The SMILES string of the molecule is Cc1c(-n2c3cc(-c4ccccc4)ccc3c3ccc(-c4ccccc4)cc32)ccc(-c2c(F)c(F)c(F)c(F)c2F)c1-n1c2cc(-c3ccccc3)ccc2c2ccc(-c3ccccc3)cc21. The van der Waals surface area contributed by atoms with Gasteiger partial charge in [-0.2, -0.15) is 0 Å². The Bertz CT molecular complexity index is 3730. The number of nitrogens with zero attached hydrogens (tertiary/aromatic N) is 2. The minimum atomic E-state index is -2.22. The average molecular weight is 893 g/mol. The summed E-state index contributed by atoms with van der Waals surface area (Å²) in [5.74, 6) is -10.1. The predicted molar refractivity (Wildman–Crippen MR) is 267 cm³/mol. The number of halogens is 5. The molecule has 0 saturated carbocycles. The van der Waals surface area contributed by atoms with Gasteiger partial charge in [0.25, 0.3) is 0 Å². The second-order valence-electron chi connectivity index (χ2n) is 17.1. The second-order valence-corrected chi connectivity index (χ2v) is 17.1. The third kappa shape index (κ3) is 6.45. The number of hydrogen-bond donors (Lipinski definition) is 0. The van der Waals surface area contributed by atoms with Crippen LogP contribution in [-0.4, -0.2) is 9.13 Å². The van der Waals surface area contributed by atoms with Crippen molar-refractivity contribution in [2.24, 2.45) is 0 Å². The smallest absolute Gasteiger partial charge is 0.200 e. The summed E-state index contributed by atoms with van der Waals surface area (Å²) in [5, 5.41) is 3.62. The van der Waals surface area contributed by atoms with Crippen LogP contribution in [0.15, 0.2) is 206 Å². The van der Waals surface area contributed by atoms with E-state index >= 15 is 17.6 Å². The van der Waals surface area contributed by atoms with Crippen LogP contribution in [0.3, 0.4) is 0 Å². The van der Waals surface area contributed by atoms with E-state index < -0.39 is 34.6 Å². The highest BCUT2D eigenvalue weighted by Gasteiger charge is 2.31. The van der Waals surface area contributed by atoms with E-state index in [-0.39, 0.29) is 11.3 Å². The number of fused-ring (bicyclic) bond motifs is 6. The second kappa shape index (κ2) is 16.1. The van der Waals surface area contributed by atoms with Gasteiger partial charge in [-0.05, 0) is 93.4 Å². The molecule has 0 amide bonds. The van der Waals surface area contributed by atoms with Crippen molar-refractivity contribution < 1.29 is 22.0 Å². The molecule has 326 valence electrons. The molecule has 2 aromatic heterocycles. The van der Waals surface area contributed by atoms with Crippen molar-refractivity contribution in [1.29, 1.82) is 0 Å². The van der Waals surface area contributed by atoms with Crippen molar-refractivity contribution in [3.8, 4) is 67.0 Å². The summed E-state index contributed by atoms with van der Waals surface area (Å²) in [6.07, 6.45) is 0. The minimum absolute atomic E-state index is 0.163. The van der Waals surface area contributed by atoms with E-state index in [9.17, 15) is 4.39 Å². The van der Waals surface area contributed by atoms with Crippen molar-refractivity contribution in [3.05, 3.63) is 241 Å². The number of benzene rings is 10. The van der Waals surface area contributed by atoms with Crippen LogP contribution in [0, 0.1) is 36.0 Å². The van der Waals surface area contributed by atoms with Gasteiger partial charge in [0.1, 0.15) is 0 Å². The summed E-state index contributed by atoms with van der Waals surface area (Å²) in [6, 6.07) is 68.0. The molecular formula is C61H37F5N2. The normalized spacial score (nSPS) is 11.7. The summed E-state index contributed by atoms with van der Waals surface area (Å²) >= 11 is 0. The van der Waals surface area contributed by atoms with Crippen LogP contribution in [0.4, 0.5) is 22.0 Å². The molecule has 0 bridgehead atoms. The van der Waals surface area contributed by atoms with Gasteiger partial charge >= 0.3 is 0 Å². The van der Waals surface area contributed by atoms with Crippen LogP contribution in [0.25, 0.3) is 111 Å². The van der Waals surface area contributed by atoms with Crippen LogP contribution >= 0.6 is 0 Å². The van der Waals surface area contributed by atoms with Gasteiger partial charge in [-0.25, -0.2) is 22.0 Å². The van der Waals surface area contributed by atoms with Gasteiger partial charge in [0.2, 0.25) is 5.82 Å². The largest absolute Gasteiger partial charge is 0.309 e. The van der Waals surface area contributed by atoms with Crippen molar-refractivity contribution >= 4 is 43.6 Å². The number of hydrogen-bond acceptors (Lipinski definition) is 0. The summed E-state index contributed by atoms with van der Waals surface area (Å²) in [7, 11) is 0. The highest BCUT2D eigenvalue weighted by atomic mass is 19.2. The molecule has 2 heterocycles. The van der Waals surface area contributed by atoms with Crippen LogP contribution in [-0.2, 0) is 0 Å². The molecule has 0 saturated heterocycles. The summed E-state index contributed by atoms with van der Waals surface area (Å²) in [5.41, 5.74) is 11.0.